The molecule has 154 valence electrons. The first-order valence-corrected chi connectivity index (χ1v) is 9.92. The maximum Gasteiger partial charge on any atom is 0.265 e. The largest absolute Gasteiger partial charge is 0.481 e. The molecule has 6 heteroatoms. The molecule has 5 nitrogen and oxygen atoms in total. The molecule has 0 fully saturated rings. The molecule has 2 amide bonds. The Bertz CT molecular complexity index is 1050. The van der Waals surface area contributed by atoms with Gasteiger partial charge < -0.3 is 15.4 Å². The summed E-state index contributed by atoms with van der Waals surface area (Å²) in [5.41, 5.74) is 4.03. The first-order chi connectivity index (χ1) is 14.3. The number of anilines is 2. The molecule has 0 aliphatic carbocycles. The van der Waals surface area contributed by atoms with Crippen molar-refractivity contribution in [2.24, 2.45) is 0 Å². The van der Waals surface area contributed by atoms with Crippen LogP contribution < -0.4 is 15.4 Å². The van der Waals surface area contributed by atoms with Crippen molar-refractivity contribution >= 4 is 34.8 Å². The van der Waals surface area contributed by atoms with Gasteiger partial charge in [0.05, 0.1) is 0 Å². The summed E-state index contributed by atoms with van der Waals surface area (Å²) in [5.74, 6) is 0.0134. The minimum absolute atomic E-state index is 0.242. The lowest BCUT2D eigenvalue weighted by atomic mass is 10.1. The lowest BCUT2D eigenvalue weighted by Gasteiger charge is -2.16. The van der Waals surface area contributed by atoms with Gasteiger partial charge in [0.25, 0.3) is 11.8 Å². The van der Waals surface area contributed by atoms with Crippen LogP contribution in [0.3, 0.4) is 0 Å². The van der Waals surface area contributed by atoms with Gasteiger partial charge in [-0.1, -0.05) is 23.7 Å². The predicted molar refractivity (Wildman–Crippen MR) is 120 cm³/mol. The van der Waals surface area contributed by atoms with Gasteiger partial charge in [-0.05, 0) is 86.5 Å². The first-order valence-electron chi connectivity index (χ1n) is 9.54. The van der Waals surface area contributed by atoms with Crippen LogP contribution in [0.1, 0.15) is 28.4 Å². The molecule has 1 atom stereocenters. The summed E-state index contributed by atoms with van der Waals surface area (Å²) >= 11 is 5.85. The number of rotatable bonds is 6. The van der Waals surface area contributed by atoms with Gasteiger partial charge in [0.1, 0.15) is 5.75 Å². The lowest BCUT2D eigenvalue weighted by molar-refractivity contribution is -0.122. The topological polar surface area (TPSA) is 67.4 Å². The molecule has 3 aromatic carbocycles. The molecule has 0 bridgehead atoms. The minimum atomic E-state index is -0.696. The van der Waals surface area contributed by atoms with E-state index in [-0.39, 0.29) is 11.8 Å². The minimum Gasteiger partial charge on any atom is -0.481 e. The number of amides is 2. The summed E-state index contributed by atoms with van der Waals surface area (Å²) in [6, 6.07) is 19.3. The summed E-state index contributed by atoms with van der Waals surface area (Å²) in [6.07, 6.45) is -0.696. The van der Waals surface area contributed by atoms with Crippen molar-refractivity contribution in [2.75, 3.05) is 10.6 Å². The van der Waals surface area contributed by atoms with Gasteiger partial charge in [0.2, 0.25) is 0 Å². The van der Waals surface area contributed by atoms with E-state index in [2.05, 4.69) is 10.6 Å². The van der Waals surface area contributed by atoms with E-state index in [1.54, 1.807) is 55.5 Å². The molecular weight excluding hydrogens is 400 g/mol. The number of hydrogen-bond donors (Lipinski definition) is 2. The third-order valence-corrected chi connectivity index (χ3v) is 5.02. The highest BCUT2D eigenvalue weighted by molar-refractivity contribution is 6.30. The monoisotopic (exact) mass is 422 g/mol. The van der Waals surface area contributed by atoms with Gasteiger partial charge in [0.15, 0.2) is 6.10 Å². The number of hydrogen-bond acceptors (Lipinski definition) is 3. The Morgan fingerprint density at radius 2 is 1.57 bits per heavy atom. The normalized spacial score (nSPS) is 11.5. The molecule has 0 radical (unpaired) electrons. The predicted octanol–water partition coefficient (Wildman–Crippen LogP) is 5.62. The average Bonchev–Trinajstić information content (AvgIpc) is 2.73. The standard InChI is InChI=1S/C24H23ClN2O3/c1-15-5-4-6-22(16(15)2)27-23(28)17(3)30-21-13-7-18(8-14-21)24(29)26-20-11-9-19(25)10-12-20/h4-14,17H,1-3H3,(H,26,29)(H,27,28)/t17-/m1/s1. The molecule has 0 saturated carbocycles. The highest BCUT2D eigenvalue weighted by atomic mass is 35.5. The fourth-order valence-corrected chi connectivity index (χ4v) is 2.93. The molecule has 0 saturated heterocycles. The molecule has 0 unspecified atom stereocenters. The second kappa shape index (κ2) is 9.46. The highest BCUT2D eigenvalue weighted by Crippen LogP contribution is 2.20. The van der Waals surface area contributed by atoms with E-state index < -0.39 is 6.10 Å². The molecule has 30 heavy (non-hydrogen) atoms. The van der Waals surface area contributed by atoms with Crippen molar-refractivity contribution in [1.29, 1.82) is 0 Å². The Labute approximate surface area is 181 Å². The van der Waals surface area contributed by atoms with Crippen LogP contribution in [0.25, 0.3) is 0 Å². The Morgan fingerprint density at radius 1 is 0.900 bits per heavy atom. The SMILES string of the molecule is Cc1cccc(NC(=O)[C@@H](C)Oc2ccc(C(=O)Nc3ccc(Cl)cc3)cc2)c1C. The van der Waals surface area contributed by atoms with Gasteiger partial charge >= 0.3 is 0 Å². The van der Waals surface area contributed by atoms with E-state index >= 15 is 0 Å². The van der Waals surface area contributed by atoms with Crippen molar-refractivity contribution in [1.82, 2.24) is 0 Å². The van der Waals surface area contributed by atoms with Crippen molar-refractivity contribution in [3.63, 3.8) is 0 Å². The van der Waals surface area contributed by atoms with E-state index in [9.17, 15) is 9.59 Å². The molecule has 0 aliphatic rings. The van der Waals surface area contributed by atoms with Gasteiger partial charge in [-0.3, -0.25) is 9.59 Å². The van der Waals surface area contributed by atoms with Crippen molar-refractivity contribution < 1.29 is 14.3 Å². The highest BCUT2D eigenvalue weighted by Gasteiger charge is 2.16. The van der Waals surface area contributed by atoms with Gasteiger partial charge in [-0.2, -0.15) is 0 Å². The first kappa shape index (κ1) is 21.4. The van der Waals surface area contributed by atoms with Gasteiger partial charge in [-0.25, -0.2) is 0 Å². The van der Waals surface area contributed by atoms with Crippen LogP contribution in [-0.2, 0) is 4.79 Å². The summed E-state index contributed by atoms with van der Waals surface area (Å²) in [7, 11) is 0. The van der Waals surface area contributed by atoms with Crippen molar-refractivity contribution in [2.45, 2.75) is 26.9 Å². The summed E-state index contributed by atoms with van der Waals surface area (Å²) in [4.78, 5) is 24.8. The molecule has 0 heterocycles. The Kier molecular flexibility index (Phi) is 6.75. The van der Waals surface area contributed by atoms with E-state index in [0.717, 1.165) is 16.8 Å². The number of halogens is 1. The van der Waals surface area contributed by atoms with E-state index in [4.69, 9.17) is 16.3 Å². The smallest absolute Gasteiger partial charge is 0.265 e. The van der Waals surface area contributed by atoms with Gasteiger partial charge in [0, 0.05) is 22.0 Å². The molecule has 0 spiro atoms. The fourth-order valence-electron chi connectivity index (χ4n) is 2.80. The van der Waals surface area contributed by atoms with Crippen LogP contribution in [-0.4, -0.2) is 17.9 Å². The number of carbonyl (C=O) groups excluding carboxylic acids is 2. The van der Waals surface area contributed by atoms with Crippen LogP contribution in [0, 0.1) is 13.8 Å². The molecule has 0 aliphatic heterocycles. The van der Waals surface area contributed by atoms with Crippen LogP contribution in [0.15, 0.2) is 66.7 Å². The molecule has 3 rings (SSSR count). The average molecular weight is 423 g/mol. The molecular formula is C24H23ClN2O3. The van der Waals surface area contributed by atoms with Crippen LogP contribution >= 0.6 is 11.6 Å². The number of aryl methyl sites for hydroxylation is 1. The van der Waals surface area contributed by atoms with E-state index in [0.29, 0.717) is 22.0 Å². The Balaban J connectivity index is 1.59. The summed E-state index contributed by atoms with van der Waals surface area (Å²) in [6.45, 7) is 5.64. The Morgan fingerprint density at radius 3 is 2.23 bits per heavy atom. The molecule has 2 N–H and O–H groups in total. The Hall–Kier alpha value is -3.31. The zero-order chi connectivity index (χ0) is 21.7. The zero-order valence-corrected chi connectivity index (χ0v) is 17.8. The quantitative estimate of drug-likeness (QED) is 0.542. The lowest BCUT2D eigenvalue weighted by Crippen LogP contribution is -2.30. The van der Waals surface area contributed by atoms with Crippen molar-refractivity contribution in [3.8, 4) is 5.75 Å². The number of nitrogens with one attached hydrogen (secondary N) is 2. The summed E-state index contributed by atoms with van der Waals surface area (Å²) < 4.78 is 5.73. The van der Waals surface area contributed by atoms with E-state index in [1.165, 1.54) is 0 Å². The fraction of sp³-hybridized carbons (Fsp3) is 0.167. The number of ether oxygens (including phenoxy) is 1. The maximum atomic E-state index is 12.5. The number of carbonyl (C=O) groups is 2. The zero-order valence-electron chi connectivity index (χ0n) is 17.0. The van der Waals surface area contributed by atoms with Crippen LogP contribution in [0.2, 0.25) is 5.02 Å². The third-order valence-electron chi connectivity index (χ3n) is 4.76. The molecule has 3 aromatic rings. The second-order valence-electron chi connectivity index (χ2n) is 6.98. The van der Waals surface area contributed by atoms with Crippen LogP contribution in [0.5, 0.6) is 5.75 Å². The maximum absolute atomic E-state index is 12.5. The van der Waals surface area contributed by atoms with Gasteiger partial charge in [-0.15, -0.1) is 0 Å². The molecule has 0 aromatic heterocycles. The van der Waals surface area contributed by atoms with Crippen LogP contribution in [0.4, 0.5) is 11.4 Å². The second-order valence-corrected chi connectivity index (χ2v) is 7.42. The van der Waals surface area contributed by atoms with Crippen molar-refractivity contribution in [3.05, 3.63) is 88.4 Å². The number of benzene rings is 3. The van der Waals surface area contributed by atoms with E-state index in [1.807, 2.05) is 32.0 Å². The summed E-state index contributed by atoms with van der Waals surface area (Å²) in [5, 5.41) is 6.29. The third kappa shape index (κ3) is 5.39.